The van der Waals surface area contributed by atoms with Crippen molar-refractivity contribution in [3.63, 3.8) is 0 Å². The average Bonchev–Trinajstić information content (AvgIpc) is 3.19. The van der Waals surface area contributed by atoms with Crippen LogP contribution in [0.25, 0.3) is 11.3 Å². The Bertz CT molecular complexity index is 708. The molecule has 6 nitrogen and oxygen atoms in total. The minimum Gasteiger partial charge on any atom is -0.347 e. The Morgan fingerprint density at radius 3 is 2.90 bits per heavy atom. The fourth-order valence-corrected chi connectivity index (χ4v) is 2.48. The number of aromatic nitrogens is 4. The van der Waals surface area contributed by atoms with Gasteiger partial charge in [-0.15, -0.1) is 0 Å². The minimum atomic E-state index is -0.277. The Morgan fingerprint density at radius 1 is 1.29 bits per heavy atom. The maximum absolute atomic E-state index is 11.8. The monoisotopic (exact) mass is 299 g/mol. The Kier molecular flexibility index (Phi) is 4.02. The van der Waals surface area contributed by atoms with Crippen LogP contribution in [0.3, 0.4) is 0 Å². The molecule has 0 radical (unpaired) electrons. The summed E-state index contributed by atoms with van der Waals surface area (Å²) in [5, 5.41) is 11.3. The highest BCUT2D eigenvalue weighted by atomic mass is 32.1. The third-order valence-corrected chi connectivity index (χ3v) is 3.54. The third-order valence-electron chi connectivity index (χ3n) is 2.85. The zero-order valence-electron chi connectivity index (χ0n) is 11.1. The number of nitrogens with zero attached hydrogens (tertiary/aromatic N) is 4. The molecule has 0 aromatic carbocycles. The summed E-state index contributed by atoms with van der Waals surface area (Å²) in [6.07, 6.45) is 4.99. The highest BCUT2D eigenvalue weighted by Crippen LogP contribution is 2.19. The molecule has 1 amide bonds. The van der Waals surface area contributed by atoms with E-state index in [0.717, 1.165) is 11.3 Å². The molecule has 3 aromatic rings. The van der Waals surface area contributed by atoms with Crippen LogP contribution in [0.15, 0.2) is 47.5 Å². The minimum absolute atomic E-state index is 0.178. The predicted octanol–water partition coefficient (Wildman–Crippen LogP) is 1.83. The standard InChI is InChI=1S/C14H13N5OS/c20-14(13-15-4-1-5-16-13)17-6-8-19-7-2-12(18-19)11-3-9-21-10-11/h1-5,7,9-10H,6,8H2,(H,17,20). The molecule has 0 aliphatic carbocycles. The van der Waals surface area contributed by atoms with E-state index >= 15 is 0 Å². The van der Waals surface area contributed by atoms with Crippen molar-refractivity contribution in [2.75, 3.05) is 6.54 Å². The Hall–Kier alpha value is -2.54. The summed E-state index contributed by atoms with van der Waals surface area (Å²) in [5.74, 6) is -0.0993. The number of nitrogens with one attached hydrogen (secondary N) is 1. The maximum atomic E-state index is 11.8. The zero-order chi connectivity index (χ0) is 14.5. The average molecular weight is 299 g/mol. The molecule has 7 heteroatoms. The van der Waals surface area contributed by atoms with Gasteiger partial charge in [0.1, 0.15) is 0 Å². The SMILES string of the molecule is O=C(NCCn1ccc(-c2ccsc2)n1)c1ncccn1. The third kappa shape index (κ3) is 3.32. The number of carbonyl (C=O) groups excluding carboxylic acids is 1. The number of hydrogen-bond donors (Lipinski definition) is 1. The molecule has 1 N–H and O–H groups in total. The van der Waals surface area contributed by atoms with Crippen LogP contribution in [0, 0.1) is 0 Å². The van der Waals surface area contributed by atoms with Crippen LogP contribution in [-0.4, -0.2) is 32.2 Å². The molecule has 0 aliphatic heterocycles. The van der Waals surface area contributed by atoms with E-state index in [1.54, 1.807) is 34.5 Å². The summed E-state index contributed by atoms with van der Waals surface area (Å²) in [6, 6.07) is 5.67. The highest BCUT2D eigenvalue weighted by Gasteiger charge is 2.07. The van der Waals surface area contributed by atoms with Crippen LogP contribution in [0.5, 0.6) is 0 Å². The van der Waals surface area contributed by atoms with E-state index in [-0.39, 0.29) is 11.7 Å². The van der Waals surface area contributed by atoms with Gasteiger partial charge in [-0.1, -0.05) is 0 Å². The van der Waals surface area contributed by atoms with Gasteiger partial charge in [-0.3, -0.25) is 9.48 Å². The molecule has 0 bridgehead atoms. The maximum Gasteiger partial charge on any atom is 0.289 e. The molecular formula is C14H13N5OS. The fourth-order valence-electron chi connectivity index (χ4n) is 1.83. The molecule has 106 valence electrons. The molecule has 21 heavy (non-hydrogen) atoms. The van der Waals surface area contributed by atoms with Crippen LogP contribution in [0.1, 0.15) is 10.6 Å². The van der Waals surface area contributed by atoms with Gasteiger partial charge in [-0.2, -0.15) is 16.4 Å². The van der Waals surface area contributed by atoms with E-state index < -0.39 is 0 Å². The number of thiophene rings is 1. The van der Waals surface area contributed by atoms with E-state index in [0.29, 0.717) is 13.1 Å². The summed E-state index contributed by atoms with van der Waals surface area (Å²) in [5.41, 5.74) is 2.05. The largest absolute Gasteiger partial charge is 0.347 e. The van der Waals surface area contributed by atoms with E-state index in [2.05, 4.69) is 25.8 Å². The lowest BCUT2D eigenvalue weighted by Crippen LogP contribution is -2.28. The molecule has 0 atom stereocenters. The first kappa shape index (κ1) is 13.4. The Balaban J connectivity index is 1.53. The predicted molar refractivity (Wildman–Crippen MR) is 79.9 cm³/mol. The van der Waals surface area contributed by atoms with E-state index in [9.17, 15) is 4.79 Å². The summed E-state index contributed by atoms with van der Waals surface area (Å²) < 4.78 is 1.80. The van der Waals surface area contributed by atoms with Crippen molar-refractivity contribution in [2.24, 2.45) is 0 Å². The van der Waals surface area contributed by atoms with E-state index in [1.165, 1.54) is 0 Å². The molecular weight excluding hydrogens is 286 g/mol. The smallest absolute Gasteiger partial charge is 0.289 e. The van der Waals surface area contributed by atoms with Gasteiger partial charge in [0.15, 0.2) is 0 Å². The van der Waals surface area contributed by atoms with Crippen molar-refractivity contribution in [2.45, 2.75) is 6.54 Å². The molecule has 3 aromatic heterocycles. The lowest BCUT2D eigenvalue weighted by atomic mass is 10.2. The first-order valence-electron chi connectivity index (χ1n) is 6.44. The topological polar surface area (TPSA) is 72.7 Å². The van der Waals surface area contributed by atoms with Crippen molar-refractivity contribution in [1.82, 2.24) is 25.1 Å². The molecule has 0 fully saturated rings. The molecule has 0 aliphatic rings. The normalized spacial score (nSPS) is 10.5. The van der Waals surface area contributed by atoms with Gasteiger partial charge in [0.05, 0.1) is 12.2 Å². The summed E-state index contributed by atoms with van der Waals surface area (Å²) in [6.45, 7) is 1.07. The van der Waals surface area contributed by atoms with Crippen LogP contribution >= 0.6 is 11.3 Å². The molecule has 0 saturated carbocycles. The van der Waals surface area contributed by atoms with Crippen LogP contribution in [-0.2, 0) is 6.54 Å². The van der Waals surface area contributed by atoms with Crippen molar-refractivity contribution in [3.8, 4) is 11.3 Å². The number of hydrogen-bond acceptors (Lipinski definition) is 5. The molecule has 0 unspecified atom stereocenters. The Morgan fingerprint density at radius 2 is 2.14 bits per heavy atom. The van der Waals surface area contributed by atoms with Crippen LogP contribution < -0.4 is 5.32 Å². The lowest BCUT2D eigenvalue weighted by molar-refractivity contribution is 0.0941. The second-order valence-corrected chi connectivity index (χ2v) is 5.08. The van der Waals surface area contributed by atoms with E-state index in [1.807, 2.05) is 23.7 Å². The quantitative estimate of drug-likeness (QED) is 0.780. The number of rotatable bonds is 5. The van der Waals surface area contributed by atoms with Crippen molar-refractivity contribution in [1.29, 1.82) is 0 Å². The highest BCUT2D eigenvalue weighted by molar-refractivity contribution is 7.08. The van der Waals surface area contributed by atoms with Gasteiger partial charge >= 0.3 is 0 Å². The zero-order valence-corrected chi connectivity index (χ0v) is 12.0. The van der Waals surface area contributed by atoms with Gasteiger partial charge in [-0.25, -0.2) is 9.97 Å². The second kappa shape index (κ2) is 6.27. The van der Waals surface area contributed by atoms with Gasteiger partial charge in [0.25, 0.3) is 5.91 Å². The van der Waals surface area contributed by atoms with Crippen molar-refractivity contribution < 1.29 is 4.79 Å². The fraction of sp³-hybridized carbons (Fsp3) is 0.143. The van der Waals surface area contributed by atoms with Crippen LogP contribution in [0.2, 0.25) is 0 Å². The van der Waals surface area contributed by atoms with Gasteiger partial charge in [0.2, 0.25) is 5.82 Å². The number of carbonyl (C=O) groups is 1. The van der Waals surface area contributed by atoms with Gasteiger partial charge in [-0.05, 0) is 23.6 Å². The van der Waals surface area contributed by atoms with Gasteiger partial charge in [0, 0.05) is 36.1 Å². The van der Waals surface area contributed by atoms with Crippen molar-refractivity contribution >= 4 is 17.2 Å². The van der Waals surface area contributed by atoms with Crippen LogP contribution in [0.4, 0.5) is 0 Å². The molecule has 0 saturated heterocycles. The molecule has 0 spiro atoms. The summed E-state index contributed by atoms with van der Waals surface area (Å²) in [7, 11) is 0. The summed E-state index contributed by atoms with van der Waals surface area (Å²) >= 11 is 1.64. The van der Waals surface area contributed by atoms with Crippen molar-refractivity contribution in [3.05, 3.63) is 53.4 Å². The Labute approximate surface area is 125 Å². The van der Waals surface area contributed by atoms with E-state index in [4.69, 9.17) is 0 Å². The molecule has 3 rings (SSSR count). The number of amides is 1. The lowest BCUT2D eigenvalue weighted by Gasteiger charge is -2.04. The van der Waals surface area contributed by atoms with Gasteiger partial charge < -0.3 is 5.32 Å². The first-order valence-corrected chi connectivity index (χ1v) is 7.38. The second-order valence-electron chi connectivity index (χ2n) is 4.30. The molecule has 3 heterocycles. The first-order chi connectivity index (χ1) is 10.3. The summed E-state index contributed by atoms with van der Waals surface area (Å²) in [4.78, 5) is 19.6.